The van der Waals surface area contributed by atoms with Crippen LogP contribution in [-0.2, 0) is 0 Å². The van der Waals surface area contributed by atoms with Crippen molar-refractivity contribution in [2.24, 2.45) is 0 Å². The molecular formula is C16H12F2N2O3S. The maximum atomic E-state index is 13.1. The molecule has 0 amide bonds. The molecule has 0 fully saturated rings. The Bertz CT molecular complexity index is 905. The van der Waals surface area contributed by atoms with Gasteiger partial charge in [0.25, 0.3) is 11.1 Å². The summed E-state index contributed by atoms with van der Waals surface area (Å²) < 4.78 is 36.9. The fraction of sp³-hybridized carbons (Fsp3) is 0.188. The van der Waals surface area contributed by atoms with Crippen molar-refractivity contribution >= 4 is 17.5 Å². The number of carbonyl (C=O) groups is 1. The number of aryl methyl sites for hydroxylation is 2. The molecule has 24 heavy (non-hydrogen) atoms. The number of thioether (sulfide) groups is 1. The summed E-state index contributed by atoms with van der Waals surface area (Å²) in [6.45, 7) is 3.59. The van der Waals surface area contributed by atoms with Crippen LogP contribution < -0.4 is 0 Å². The molecule has 124 valence electrons. The number of benzene rings is 1. The summed E-state index contributed by atoms with van der Waals surface area (Å²) in [4.78, 5) is 12.0. The van der Waals surface area contributed by atoms with Gasteiger partial charge in [-0.05, 0) is 38.1 Å². The van der Waals surface area contributed by atoms with Crippen molar-refractivity contribution in [1.82, 2.24) is 10.2 Å². The van der Waals surface area contributed by atoms with E-state index in [0.29, 0.717) is 17.2 Å². The largest absolute Gasteiger partial charge is 0.466 e. The predicted octanol–water partition coefficient (Wildman–Crippen LogP) is 4.20. The molecule has 5 nitrogen and oxygen atoms in total. The number of aromatic nitrogens is 2. The van der Waals surface area contributed by atoms with E-state index in [1.54, 1.807) is 13.0 Å². The predicted molar refractivity (Wildman–Crippen MR) is 82.9 cm³/mol. The topological polar surface area (TPSA) is 69.1 Å². The molecule has 3 aromatic rings. The highest BCUT2D eigenvalue weighted by Gasteiger charge is 2.16. The summed E-state index contributed by atoms with van der Waals surface area (Å²) in [5.41, 5.74) is 0.779. The van der Waals surface area contributed by atoms with Gasteiger partial charge in [-0.3, -0.25) is 4.79 Å². The summed E-state index contributed by atoms with van der Waals surface area (Å²) in [5, 5.41) is 7.98. The van der Waals surface area contributed by atoms with Gasteiger partial charge in [-0.25, -0.2) is 8.78 Å². The molecule has 0 N–H and O–H groups in total. The van der Waals surface area contributed by atoms with Crippen molar-refractivity contribution in [3.63, 3.8) is 0 Å². The molecule has 0 bridgehead atoms. The summed E-state index contributed by atoms with van der Waals surface area (Å²) >= 11 is 1.02. The number of rotatable bonds is 5. The van der Waals surface area contributed by atoms with Gasteiger partial charge in [0.15, 0.2) is 17.4 Å². The van der Waals surface area contributed by atoms with Crippen LogP contribution in [0.3, 0.4) is 0 Å². The number of halogens is 2. The van der Waals surface area contributed by atoms with Crippen molar-refractivity contribution in [3.8, 4) is 11.5 Å². The van der Waals surface area contributed by atoms with Gasteiger partial charge in [0, 0.05) is 5.56 Å². The van der Waals surface area contributed by atoms with Gasteiger partial charge in [-0.1, -0.05) is 11.8 Å². The van der Waals surface area contributed by atoms with Gasteiger partial charge >= 0.3 is 0 Å². The zero-order chi connectivity index (χ0) is 17.3. The fourth-order valence-corrected chi connectivity index (χ4v) is 2.76. The Morgan fingerprint density at radius 1 is 1.12 bits per heavy atom. The molecule has 2 aromatic heterocycles. The first-order chi connectivity index (χ1) is 11.4. The molecule has 0 saturated carbocycles. The highest BCUT2D eigenvalue weighted by molar-refractivity contribution is 7.99. The smallest absolute Gasteiger partial charge is 0.277 e. The molecule has 0 atom stereocenters. The molecule has 0 aliphatic carbocycles. The van der Waals surface area contributed by atoms with Crippen LogP contribution in [0.25, 0.3) is 11.5 Å². The van der Waals surface area contributed by atoms with Crippen molar-refractivity contribution < 1.29 is 22.4 Å². The Labute approximate surface area is 140 Å². The van der Waals surface area contributed by atoms with E-state index in [9.17, 15) is 13.6 Å². The summed E-state index contributed by atoms with van der Waals surface area (Å²) in [5.74, 6) is -0.769. The summed E-state index contributed by atoms with van der Waals surface area (Å²) in [6.07, 6.45) is 0. The second kappa shape index (κ2) is 6.56. The van der Waals surface area contributed by atoms with E-state index >= 15 is 0 Å². The van der Waals surface area contributed by atoms with Crippen LogP contribution in [0, 0.1) is 25.5 Å². The second-order valence-corrected chi connectivity index (χ2v) is 5.97. The fourth-order valence-electron chi connectivity index (χ4n) is 2.10. The Morgan fingerprint density at radius 2 is 1.92 bits per heavy atom. The van der Waals surface area contributed by atoms with Gasteiger partial charge in [-0.2, -0.15) is 0 Å². The monoisotopic (exact) mass is 350 g/mol. The van der Waals surface area contributed by atoms with Crippen molar-refractivity contribution in [1.29, 1.82) is 0 Å². The van der Waals surface area contributed by atoms with Gasteiger partial charge in [0.2, 0.25) is 0 Å². The van der Waals surface area contributed by atoms with Gasteiger partial charge < -0.3 is 8.83 Å². The van der Waals surface area contributed by atoms with E-state index in [1.165, 1.54) is 6.07 Å². The average Bonchev–Trinajstić information content (AvgIpc) is 3.13. The number of hydrogen-bond acceptors (Lipinski definition) is 6. The van der Waals surface area contributed by atoms with E-state index in [0.717, 1.165) is 29.7 Å². The Kier molecular flexibility index (Phi) is 4.48. The highest BCUT2D eigenvalue weighted by Crippen LogP contribution is 2.28. The lowest BCUT2D eigenvalue weighted by molar-refractivity contribution is 0.102. The van der Waals surface area contributed by atoms with Crippen LogP contribution >= 0.6 is 11.8 Å². The minimum absolute atomic E-state index is 0.0316. The first kappa shape index (κ1) is 16.4. The molecule has 0 spiro atoms. The third kappa shape index (κ3) is 3.38. The van der Waals surface area contributed by atoms with E-state index in [1.807, 2.05) is 6.92 Å². The van der Waals surface area contributed by atoms with Gasteiger partial charge in [-0.15, -0.1) is 10.2 Å². The average molecular weight is 350 g/mol. The third-order valence-electron chi connectivity index (χ3n) is 3.25. The van der Waals surface area contributed by atoms with Crippen molar-refractivity contribution in [3.05, 3.63) is 53.0 Å². The number of furan rings is 1. The maximum absolute atomic E-state index is 13.1. The molecule has 0 aliphatic heterocycles. The van der Waals surface area contributed by atoms with Crippen molar-refractivity contribution in [2.45, 2.75) is 19.1 Å². The molecular weight excluding hydrogens is 338 g/mol. The minimum atomic E-state index is -1.06. The van der Waals surface area contributed by atoms with E-state index in [4.69, 9.17) is 8.83 Å². The lowest BCUT2D eigenvalue weighted by Crippen LogP contribution is -2.03. The lowest BCUT2D eigenvalue weighted by atomic mass is 10.1. The third-order valence-corrected chi connectivity index (χ3v) is 4.06. The van der Waals surface area contributed by atoms with Crippen LogP contribution in [-0.4, -0.2) is 21.7 Å². The summed E-state index contributed by atoms with van der Waals surface area (Å²) in [7, 11) is 0. The van der Waals surface area contributed by atoms with Gasteiger partial charge in [0.1, 0.15) is 11.5 Å². The Balaban J connectivity index is 1.68. The van der Waals surface area contributed by atoms with Crippen LogP contribution in [0.4, 0.5) is 8.78 Å². The molecule has 1 aromatic carbocycles. The Hall–Kier alpha value is -2.48. The van der Waals surface area contributed by atoms with Crippen LogP contribution in [0.2, 0.25) is 0 Å². The molecule has 2 heterocycles. The number of ketones is 1. The van der Waals surface area contributed by atoms with Crippen LogP contribution in [0.5, 0.6) is 0 Å². The lowest BCUT2D eigenvalue weighted by Gasteiger charge is -2.00. The molecule has 0 unspecified atom stereocenters. The minimum Gasteiger partial charge on any atom is -0.466 e. The SMILES string of the molecule is Cc1cc(-c2nnc(SCC(=O)c3ccc(F)c(F)c3)o2)c(C)o1. The standard InChI is InChI=1S/C16H12F2N2O3S/c1-8-5-11(9(2)22-8)15-19-20-16(23-15)24-7-14(21)10-3-4-12(17)13(18)6-10/h3-6H,7H2,1-2H3. The van der Waals surface area contributed by atoms with E-state index < -0.39 is 11.6 Å². The Morgan fingerprint density at radius 3 is 2.58 bits per heavy atom. The number of Topliss-reactive ketones (excluding diaryl/α,β-unsaturated/α-hetero) is 1. The quantitative estimate of drug-likeness (QED) is 0.507. The second-order valence-electron chi connectivity index (χ2n) is 5.04. The number of nitrogens with zero attached hydrogens (tertiary/aromatic N) is 2. The molecule has 8 heteroatoms. The van der Waals surface area contributed by atoms with E-state index in [-0.39, 0.29) is 22.3 Å². The molecule has 0 radical (unpaired) electrons. The number of carbonyl (C=O) groups excluding carboxylic acids is 1. The first-order valence-corrected chi connectivity index (χ1v) is 7.94. The zero-order valence-corrected chi connectivity index (χ0v) is 13.6. The zero-order valence-electron chi connectivity index (χ0n) is 12.8. The highest BCUT2D eigenvalue weighted by atomic mass is 32.2. The molecule has 3 rings (SSSR count). The van der Waals surface area contributed by atoms with Gasteiger partial charge in [0.05, 0.1) is 11.3 Å². The summed E-state index contributed by atoms with van der Waals surface area (Å²) in [6, 6.07) is 4.80. The van der Waals surface area contributed by atoms with Crippen molar-refractivity contribution in [2.75, 3.05) is 5.75 Å². The van der Waals surface area contributed by atoms with Crippen LogP contribution in [0.1, 0.15) is 21.9 Å². The first-order valence-electron chi connectivity index (χ1n) is 6.96. The number of hydrogen-bond donors (Lipinski definition) is 0. The van der Waals surface area contributed by atoms with Crippen LogP contribution in [0.15, 0.2) is 38.3 Å². The van der Waals surface area contributed by atoms with E-state index in [2.05, 4.69) is 10.2 Å². The normalized spacial score (nSPS) is 11.0. The molecule has 0 aliphatic rings. The maximum Gasteiger partial charge on any atom is 0.277 e. The molecule has 0 saturated heterocycles.